The zero-order valence-corrected chi connectivity index (χ0v) is 11.3. The molecule has 0 aromatic rings. The molecule has 2 fully saturated rings. The lowest BCUT2D eigenvalue weighted by Crippen LogP contribution is -2.32. The predicted octanol–water partition coefficient (Wildman–Crippen LogP) is 2.49. The summed E-state index contributed by atoms with van der Waals surface area (Å²) in [6.45, 7) is 6.14. The second-order valence-electron chi connectivity index (χ2n) is 5.76. The summed E-state index contributed by atoms with van der Waals surface area (Å²) in [4.78, 5) is 0. The van der Waals surface area contributed by atoms with Gasteiger partial charge in [-0.1, -0.05) is 26.7 Å². The summed E-state index contributed by atoms with van der Waals surface area (Å²) in [5.74, 6) is 0. The van der Waals surface area contributed by atoms with Crippen molar-refractivity contribution >= 4 is 0 Å². The largest absolute Gasteiger partial charge is 0.376 e. The van der Waals surface area contributed by atoms with E-state index in [1.54, 1.807) is 0 Å². The first-order chi connectivity index (χ1) is 8.24. The molecule has 2 unspecified atom stereocenters. The van der Waals surface area contributed by atoms with Gasteiger partial charge in [-0.05, 0) is 25.7 Å². The van der Waals surface area contributed by atoms with Crippen molar-refractivity contribution in [3.8, 4) is 0 Å². The molecule has 0 aromatic carbocycles. The van der Waals surface area contributed by atoms with E-state index in [4.69, 9.17) is 9.47 Å². The fraction of sp³-hybridized carbons (Fsp3) is 1.00. The number of hydrogen-bond donors (Lipinski definition) is 1. The van der Waals surface area contributed by atoms with Crippen molar-refractivity contribution in [1.82, 2.24) is 5.32 Å². The minimum Gasteiger partial charge on any atom is -0.376 e. The molecule has 0 bridgehead atoms. The first-order valence-corrected chi connectivity index (χ1v) is 7.24. The van der Waals surface area contributed by atoms with Gasteiger partial charge in [0.15, 0.2) is 0 Å². The van der Waals surface area contributed by atoms with E-state index in [9.17, 15) is 0 Å². The van der Waals surface area contributed by atoms with Gasteiger partial charge in [0, 0.05) is 12.6 Å². The van der Waals surface area contributed by atoms with Crippen LogP contribution in [0.1, 0.15) is 52.4 Å². The quantitative estimate of drug-likeness (QED) is 0.775. The van der Waals surface area contributed by atoms with Crippen molar-refractivity contribution in [3.05, 3.63) is 0 Å². The van der Waals surface area contributed by atoms with Crippen LogP contribution in [0.3, 0.4) is 0 Å². The zero-order chi connectivity index (χ0) is 12.1. The highest BCUT2D eigenvalue weighted by molar-refractivity contribution is 4.77. The summed E-state index contributed by atoms with van der Waals surface area (Å²) in [6, 6.07) is 0.549. The van der Waals surface area contributed by atoms with E-state index in [1.165, 1.54) is 32.1 Å². The van der Waals surface area contributed by atoms with Crippen LogP contribution in [0.15, 0.2) is 0 Å². The van der Waals surface area contributed by atoms with Crippen LogP contribution in [-0.4, -0.2) is 37.5 Å². The van der Waals surface area contributed by atoms with Crippen molar-refractivity contribution in [2.75, 3.05) is 13.2 Å². The average Bonchev–Trinajstić information content (AvgIpc) is 2.95. The number of ether oxygens (including phenoxy) is 2. The van der Waals surface area contributed by atoms with Crippen molar-refractivity contribution in [2.24, 2.45) is 0 Å². The first-order valence-electron chi connectivity index (χ1n) is 7.24. The summed E-state index contributed by atoms with van der Waals surface area (Å²) in [5, 5.41) is 3.44. The smallest absolute Gasteiger partial charge is 0.0814 e. The molecule has 1 aliphatic heterocycles. The van der Waals surface area contributed by atoms with Crippen LogP contribution < -0.4 is 5.32 Å². The molecule has 0 amide bonds. The minimum absolute atomic E-state index is 0.342. The molecule has 17 heavy (non-hydrogen) atoms. The number of hydrogen-bond acceptors (Lipinski definition) is 3. The van der Waals surface area contributed by atoms with Crippen LogP contribution in [0.25, 0.3) is 0 Å². The summed E-state index contributed by atoms with van der Waals surface area (Å²) in [7, 11) is 0. The van der Waals surface area contributed by atoms with Crippen LogP contribution >= 0.6 is 0 Å². The fourth-order valence-corrected chi connectivity index (χ4v) is 2.72. The Morgan fingerprint density at radius 3 is 2.53 bits per heavy atom. The Morgan fingerprint density at radius 2 is 1.82 bits per heavy atom. The van der Waals surface area contributed by atoms with Crippen LogP contribution in [0.4, 0.5) is 0 Å². The highest BCUT2D eigenvalue weighted by Crippen LogP contribution is 2.24. The molecule has 1 saturated heterocycles. The Morgan fingerprint density at radius 1 is 1.12 bits per heavy atom. The summed E-state index contributed by atoms with van der Waals surface area (Å²) >= 11 is 0. The predicted molar refractivity (Wildman–Crippen MR) is 69.2 cm³/mol. The molecule has 2 rings (SSSR count). The third-order valence-corrected chi connectivity index (χ3v) is 3.77. The monoisotopic (exact) mass is 241 g/mol. The fourth-order valence-electron chi connectivity index (χ4n) is 2.72. The van der Waals surface area contributed by atoms with Gasteiger partial charge in [-0.2, -0.15) is 0 Å². The first kappa shape index (κ1) is 13.3. The topological polar surface area (TPSA) is 30.5 Å². The van der Waals surface area contributed by atoms with Gasteiger partial charge in [-0.25, -0.2) is 0 Å². The van der Waals surface area contributed by atoms with Gasteiger partial charge in [0.1, 0.15) is 0 Å². The van der Waals surface area contributed by atoms with Crippen LogP contribution in [0.5, 0.6) is 0 Å². The van der Waals surface area contributed by atoms with Gasteiger partial charge in [0.25, 0.3) is 0 Å². The highest BCUT2D eigenvalue weighted by Gasteiger charge is 2.26. The Hall–Kier alpha value is -0.120. The van der Waals surface area contributed by atoms with E-state index in [1.807, 2.05) is 0 Å². The van der Waals surface area contributed by atoms with Crippen molar-refractivity contribution < 1.29 is 9.47 Å². The van der Waals surface area contributed by atoms with Crippen LogP contribution in [-0.2, 0) is 9.47 Å². The molecular formula is C14H27NO2. The molecule has 1 heterocycles. The molecule has 0 radical (unpaired) electrons. The van der Waals surface area contributed by atoms with E-state index >= 15 is 0 Å². The third kappa shape index (κ3) is 4.57. The maximum absolute atomic E-state index is 5.98. The number of rotatable bonds is 6. The normalized spacial score (nSPS) is 30.5. The Balaban J connectivity index is 1.57. The van der Waals surface area contributed by atoms with E-state index in [2.05, 4.69) is 19.2 Å². The lowest BCUT2D eigenvalue weighted by atomic mass is 10.2. The van der Waals surface area contributed by atoms with E-state index in [0.717, 1.165) is 19.6 Å². The van der Waals surface area contributed by atoms with Crippen molar-refractivity contribution in [1.29, 1.82) is 0 Å². The maximum atomic E-state index is 5.98. The maximum Gasteiger partial charge on any atom is 0.0814 e. The zero-order valence-electron chi connectivity index (χ0n) is 11.3. The van der Waals surface area contributed by atoms with Crippen LogP contribution in [0.2, 0.25) is 0 Å². The van der Waals surface area contributed by atoms with Crippen LogP contribution in [0, 0.1) is 0 Å². The molecule has 3 nitrogen and oxygen atoms in total. The van der Waals surface area contributed by atoms with Crippen molar-refractivity contribution in [3.63, 3.8) is 0 Å². The molecule has 1 saturated carbocycles. The second kappa shape index (κ2) is 6.72. The molecular weight excluding hydrogens is 214 g/mol. The molecule has 3 heteroatoms. The summed E-state index contributed by atoms with van der Waals surface area (Å²) in [5.41, 5.74) is 0. The summed E-state index contributed by atoms with van der Waals surface area (Å²) < 4.78 is 11.9. The lowest BCUT2D eigenvalue weighted by molar-refractivity contribution is -0.0391. The van der Waals surface area contributed by atoms with Crippen molar-refractivity contribution in [2.45, 2.75) is 76.7 Å². The molecule has 0 spiro atoms. The van der Waals surface area contributed by atoms with E-state index in [0.29, 0.717) is 24.4 Å². The van der Waals surface area contributed by atoms with E-state index in [-0.39, 0.29) is 0 Å². The molecule has 0 aromatic heterocycles. The van der Waals surface area contributed by atoms with Gasteiger partial charge in [-0.15, -0.1) is 0 Å². The Bertz CT molecular complexity index is 214. The third-order valence-electron chi connectivity index (χ3n) is 3.77. The minimum atomic E-state index is 0.342. The molecule has 2 atom stereocenters. The second-order valence-corrected chi connectivity index (χ2v) is 5.76. The van der Waals surface area contributed by atoms with Gasteiger partial charge in [0.05, 0.1) is 24.9 Å². The van der Waals surface area contributed by atoms with Gasteiger partial charge in [-0.3, -0.25) is 0 Å². The average molecular weight is 241 g/mol. The van der Waals surface area contributed by atoms with Gasteiger partial charge in [0.2, 0.25) is 0 Å². The summed E-state index contributed by atoms with van der Waals surface area (Å²) in [6.07, 6.45) is 8.80. The molecule has 1 aliphatic carbocycles. The van der Waals surface area contributed by atoms with E-state index < -0.39 is 0 Å². The molecule has 100 valence electrons. The Kier molecular flexibility index (Phi) is 5.26. The Labute approximate surface area is 105 Å². The molecule has 2 aliphatic rings. The SMILES string of the molecule is CC(C)NCC1CCC(COC2CCCC2)O1. The standard InChI is InChI=1S/C14H27NO2/c1-11(2)15-9-13-7-8-14(17-13)10-16-12-5-3-4-6-12/h11-15H,3-10H2,1-2H3. The highest BCUT2D eigenvalue weighted by atomic mass is 16.5. The lowest BCUT2D eigenvalue weighted by Gasteiger charge is -2.18. The van der Waals surface area contributed by atoms with Gasteiger partial charge < -0.3 is 14.8 Å². The molecule has 1 N–H and O–H groups in total. The number of nitrogens with one attached hydrogen (secondary N) is 1. The van der Waals surface area contributed by atoms with Gasteiger partial charge >= 0.3 is 0 Å².